The first-order chi connectivity index (χ1) is 10.8. The quantitative estimate of drug-likeness (QED) is 0.832. The third-order valence-electron chi connectivity index (χ3n) is 3.84. The minimum atomic E-state index is -4.47. The molecule has 1 heterocycles. The number of hydrogen-bond donors (Lipinski definition) is 2. The van der Waals surface area contributed by atoms with Crippen molar-refractivity contribution in [2.24, 2.45) is 5.92 Å². The summed E-state index contributed by atoms with van der Waals surface area (Å²) in [5.41, 5.74) is 0.190. The lowest BCUT2D eigenvalue weighted by Gasteiger charge is -2.24. The van der Waals surface area contributed by atoms with Gasteiger partial charge in [0.2, 0.25) is 0 Å². The van der Waals surface area contributed by atoms with Gasteiger partial charge < -0.3 is 15.3 Å². The molecule has 2 N–H and O–H groups in total. The number of amides is 2. The van der Waals surface area contributed by atoms with Crippen LogP contribution in [0.15, 0.2) is 24.3 Å². The molecule has 2 amide bonds. The molecular formula is C15H18F4N2O2. The van der Waals surface area contributed by atoms with E-state index in [1.54, 1.807) is 0 Å². The van der Waals surface area contributed by atoms with E-state index in [2.05, 4.69) is 5.32 Å². The molecule has 2 atom stereocenters. The molecule has 23 heavy (non-hydrogen) atoms. The smallest absolute Gasteiger partial charge is 0.391 e. The van der Waals surface area contributed by atoms with Gasteiger partial charge in [0.15, 0.2) is 0 Å². The van der Waals surface area contributed by atoms with Crippen LogP contribution in [0.5, 0.6) is 0 Å². The van der Waals surface area contributed by atoms with Crippen molar-refractivity contribution in [1.29, 1.82) is 0 Å². The number of halogens is 4. The SMILES string of the molecule is O=C(NC(CC(F)(F)F)c1ccc(F)cc1)N1CCC(CO)C1. The van der Waals surface area contributed by atoms with Crippen molar-refractivity contribution in [3.8, 4) is 0 Å². The molecule has 0 saturated carbocycles. The lowest BCUT2D eigenvalue weighted by atomic mass is 10.0. The van der Waals surface area contributed by atoms with Crippen LogP contribution in [-0.4, -0.2) is 41.9 Å². The number of benzene rings is 1. The minimum absolute atomic E-state index is 0.0485. The van der Waals surface area contributed by atoms with E-state index in [1.807, 2.05) is 0 Å². The largest absolute Gasteiger partial charge is 0.396 e. The molecule has 128 valence electrons. The van der Waals surface area contributed by atoms with E-state index in [9.17, 15) is 22.4 Å². The van der Waals surface area contributed by atoms with Crippen LogP contribution in [0.3, 0.4) is 0 Å². The van der Waals surface area contributed by atoms with Crippen LogP contribution >= 0.6 is 0 Å². The van der Waals surface area contributed by atoms with Crippen LogP contribution in [0.25, 0.3) is 0 Å². The summed E-state index contributed by atoms with van der Waals surface area (Å²) in [6.45, 7) is 0.636. The summed E-state index contributed by atoms with van der Waals surface area (Å²) < 4.78 is 51.2. The lowest BCUT2D eigenvalue weighted by Crippen LogP contribution is -2.41. The Labute approximate surface area is 131 Å². The fraction of sp³-hybridized carbons (Fsp3) is 0.533. The second-order valence-electron chi connectivity index (χ2n) is 5.66. The number of aliphatic hydroxyl groups is 1. The maximum atomic E-state index is 12.9. The summed E-state index contributed by atoms with van der Waals surface area (Å²) in [5, 5.41) is 11.4. The average Bonchev–Trinajstić information content (AvgIpc) is 2.95. The third-order valence-corrected chi connectivity index (χ3v) is 3.84. The topological polar surface area (TPSA) is 52.6 Å². The molecular weight excluding hydrogens is 316 g/mol. The lowest BCUT2D eigenvalue weighted by molar-refractivity contribution is -0.139. The summed E-state index contributed by atoms with van der Waals surface area (Å²) in [4.78, 5) is 13.5. The van der Waals surface area contributed by atoms with Crippen molar-refractivity contribution in [2.75, 3.05) is 19.7 Å². The van der Waals surface area contributed by atoms with Gasteiger partial charge in [0, 0.05) is 25.6 Å². The number of carbonyl (C=O) groups excluding carboxylic acids is 1. The summed E-state index contributed by atoms with van der Waals surface area (Å²) in [6, 6.07) is 2.68. The zero-order valence-electron chi connectivity index (χ0n) is 12.3. The van der Waals surface area contributed by atoms with Crippen molar-refractivity contribution in [3.63, 3.8) is 0 Å². The minimum Gasteiger partial charge on any atom is -0.396 e. The highest BCUT2D eigenvalue weighted by molar-refractivity contribution is 5.75. The number of carbonyl (C=O) groups is 1. The van der Waals surface area contributed by atoms with Gasteiger partial charge in [-0.05, 0) is 24.1 Å². The van der Waals surface area contributed by atoms with E-state index in [0.29, 0.717) is 19.5 Å². The normalized spacial score (nSPS) is 19.7. The standard InChI is InChI=1S/C15H18F4N2O2/c16-12-3-1-11(2-4-12)13(7-15(17,18)19)20-14(23)21-6-5-10(8-21)9-22/h1-4,10,13,22H,5-9H2,(H,20,23). The number of rotatable bonds is 4. The zero-order valence-corrected chi connectivity index (χ0v) is 12.3. The first-order valence-corrected chi connectivity index (χ1v) is 7.27. The summed E-state index contributed by atoms with van der Waals surface area (Å²) >= 11 is 0. The summed E-state index contributed by atoms with van der Waals surface area (Å²) in [5.74, 6) is -0.608. The molecule has 0 aromatic heterocycles. The van der Waals surface area contributed by atoms with Crippen molar-refractivity contribution in [2.45, 2.75) is 25.1 Å². The maximum Gasteiger partial charge on any atom is 0.391 e. The molecule has 1 aromatic rings. The van der Waals surface area contributed by atoms with E-state index >= 15 is 0 Å². The van der Waals surface area contributed by atoms with E-state index in [1.165, 1.54) is 17.0 Å². The van der Waals surface area contributed by atoms with Gasteiger partial charge in [-0.25, -0.2) is 9.18 Å². The number of nitrogens with zero attached hydrogens (tertiary/aromatic N) is 1. The Balaban J connectivity index is 2.08. The molecule has 0 radical (unpaired) electrons. The third kappa shape index (κ3) is 5.09. The molecule has 1 aromatic carbocycles. The zero-order chi connectivity index (χ0) is 17.0. The Morgan fingerprint density at radius 3 is 2.52 bits per heavy atom. The second-order valence-corrected chi connectivity index (χ2v) is 5.66. The Bertz CT molecular complexity index is 533. The number of nitrogens with one attached hydrogen (secondary N) is 1. The van der Waals surface area contributed by atoms with E-state index in [-0.39, 0.29) is 18.1 Å². The fourth-order valence-corrected chi connectivity index (χ4v) is 2.59. The van der Waals surface area contributed by atoms with Gasteiger partial charge in [-0.15, -0.1) is 0 Å². The first kappa shape index (κ1) is 17.5. The predicted molar refractivity (Wildman–Crippen MR) is 75.1 cm³/mol. The van der Waals surface area contributed by atoms with Crippen LogP contribution < -0.4 is 5.32 Å². The van der Waals surface area contributed by atoms with Crippen molar-refractivity contribution < 1.29 is 27.5 Å². The Kier molecular flexibility index (Phi) is 5.46. The van der Waals surface area contributed by atoms with E-state index in [0.717, 1.165) is 12.1 Å². The molecule has 0 bridgehead atoms. The van der Waals surface area contributed by atoms with Gasteiger partial charge in [0.1, 0.15) is 5.82 Å². The molecule has 2 unspecified atom stereocenters. The summed E-state index contributed by atoms with van der Waals surface area (Å²) in [6.07, 6.45) is -5.09. The van der Waals surface area contributed by atoms with Crippen molar-refractivity contribution >= 4 is 6.03 Å². The Morgan fingerprint density at radius 1 is 1.35 bits per heavy atom. The van der Waals surface area contributed by atoms with Crippen LogP contribution in [0.2, 0.25) is 0 Å². The molecule has 1 fully saturated rings. The molecule has 1 saturated heterocycles. The molecule has 0 aliphatic carbocycles. The number of likely N-dealkylation sites (tertiary alicyclic amines) is 1. The molecule has 8 heteroatoms. The predicted octanol–water partition coefficient (Wildman–Crippen LogP) is 2.84. The highest BCUT2D eigenvalue weighted by Crippen LogP contribution is 2.30. The molecule has 0 spiro atoms. The molecule has 1 aliphatic heterocycles. The number of alkyl halides is 3. The summed E-state index contributed by atoms with van der Waals surface area (Å²) in [7, 11) is 0. The van der Waals surface area contributed by atoms with E-state index in [4.69, 9.17) is 5.11 Å². The molecule has 2 rings (SSSR count). The number of aliphatic hydroxyl groups excluding tert-OH is 1. The average molecular weight is 334 g/mol. The van der Waals surface area contributed by atoms with Crippen LogP contribution in [-0.2, 0) is 0 Å². The van der Waals surface area contributed by atoms with Gasteiger partial charge in [0.05, 0.1) is 12.5 Å². The highest BCUT2D eigenvalue weighted by Gasteiger charge is 2.35. The van der Waals surface area contributed by atoms with Gasteiger partial charge in [-0.3, -0.25) is 0 Å². The van der Waals surface area contributed by atoms with E-state index < -0.39 is 30.5 Å². The first-order valence-electron chi connectivity index (χ1n) is 7.27. The highest BCUT2D eigenvalue weighted by atomic mass is 19.4. The Morgan fingerprint density at radius 2 is 2.00 bits per heavy atom. The second kappa shape index (κ2) is 7.16. The van der Waals surface area contributed by atoms with Crippen LogP contribution in [0, 0.1) is 11.7 Å². The van der Waals surface area contributed by atoms with Gasteiger partial charge >= 0.3 is 12.2 Å². The van der Waals surface area contributed by atoms with Crippen molar-refractivity contribution in [3.05, 3.63) is 35.6 Å². The molecule has 4 nitrogen and oxygen atoms in total. The fourth-order valence-electron chi connectivity index (χ4n) is 2.59. The monoisotopic (exact) mass is 334 g/mol. The molecule has 1 aliphatic rings. The van der Waals surface area contributed by atoms with Gasteiger partial charge in [0.25, 0.3) is 0 Å². The van der Waals surface area contributed by atoms with Crippen LogP contribution in [0.1, 0.15) is 24.4 Å². The van der Waals surface area contributed by atoms with Crippen LogP contribution in [0.4, 0.5) is 22.4 Å². The maximum absolute atomic E-state index is 12.9. The van der Waals surface area contributed by atoms with Crippen molar-refractivity contribution in [1.82, 2.24) is 10.2 Å². The number of urea groups is 1. The number of hydrogen-bond acceptors (Lipinski definition) is 2. The van der Waals surface area contributed by atoms with Gasteiger partial charge in [-0.1, -0.05) is 12.1 Å². The Hall–Kier alpha value is -1.83. The van der Waals surface area contributed by atoms with Gasteiger partial charge in [-0.2, -0.15) is 13.2 Å².